The van der Waals surface area contributed by atoms with Gasteiger partial charge in [-0.2, -0.15) is 5.26 Å². The molecule has 1 atom stereocenters. The van der Waals surface area contributed by atoms with Gasteiger partial charge in [-0.3, -0.25) is 0 Å². The van der Waals surface area contributed by atoms with Gasteiger partial charge in [0, 0.05) is 16.7 Å². The molecule has 5 rings (SSSR count). The van der Waals surface area contributed by atoms with E-state index in [1.165, 1.54) is 0 Å². The highest BCUT2D eigenvalue weighted by molar-refractivity contribution is 6.30. The van der Waals surface area contributed by atoms with Gasteiger partial charge in [0.15, 0.2) is 18.1 Å². The Morgan fingerprint density at radius 1 is 0.909 bits per heavy atom. The number of hydrogen-bond acceptors (Lipinski definition) is 8. The van der Waals surface area contributed by atoms with Crippen LogP contribution in [0.2, 0.25) is 5.02 Å². The Kier molecular flexibility index (Phi) is 9.27. The van der Waals surface area contributed by atoms with Crippen molar-refractivity contribution in [2.75, 3.05) is 13.2 Å². The van der Waals surface area contributed by atoms with Crippen LogP contribution in [0.1, 0.15) is 40.7 Å². The third-order valence-electron chi connectivity index (χ3n) is 6.88. The summed E-state index contributed by atoms with van der Waals surface area (Å²) in [5, 5.41) is 10.7. The average Bonchev–Trinajstić information content (AvgIpc) is 2.99. The number of ether oxygens (including phenoxy) is 5. The lowest BCUT2D eigenvalue weighted by molar-refractivity contribution is -0.136. The number of nitrogens with two attached hydrogens (primary N) is 1. The molecule has 1 aliphatic heterocycles. The summed E-state index contributed by atoms with van der Waals surface area (Å²) in [6.07, 6.45) is 0. The molecule has 0 bridgehead atoms. The predicted molar refractivity (Wildman–Crippen MR) is 166 cm³/mol. The van der Waals surface area contributed by atoms with Crippen LogP contribution >= 0.6 is 11.6 Å². The van der Waals surface area contributed by atoms with Crippen LogP contribution < -0.4 is 29.4 Å². The lowest BCUT2D eigenvalue weighted by Crippen LogP contribution is -2.22. The van der Waals surface area contributed by atoms with E-state index >= 15 is 0 Å². The van der Waals surface area contributed by atoms with E-state index in [9.17, 15) is 10.1 Å². The Morgan fingerprint density at radius 2 is 1.66 bits per heavy atom. The van der Waals surface area contributed by atoms with E-state index in [-0.39, 0.29) is 23.8 Å². The summed E-state index contributed by atoms with van der Waals surface area (Å²) in [6, 6.07) is 25.8. The zero-order chi connectivity index (χ0) is 31.2. The van der Waals surface area contributed by atoms with Crippen molar-refractivity contribution in [2.45, 2.75) is 33.3 Å². The molecule has 44 heavy (non-hydrogen) atoms. The summed E-state index contributed by atoms with van der Waals surface area (Å²) < 4.78 is 28.9. The van der Waals surface area contributed by atoms with Gasteiger partial charge in [-0.25, -0.2) is 4.79 Å². The molecule has 0 aliphatic carbocycles. The van der Waals surface area contributed by atoms with Crippen LogP contribution in [0, 0.1) is 25.2 Å². The molecule has 9 heteroatoms. The molecule has 0 saturated carbocycles. The second-order valence-corrected chi connectivity index (χ2v) is 10.7. The number of benzene rings is 4. The van der Waals surface area contributed by atoms with E-state index in [2.05, 4.69) is 6.07 Å². The first-order valence-corrected chi connectivity index (χ1v) is 14.4. The smallest absolute Gasteiger partial charge is 0.349 e. The van der Waals surface area contributed by atoms with Crippen molar-refractivity contribution in [1.29, 1.82) is 5.26 Å². The Bertz CT molecular complexity index is 1740. The molecule has 0 saturated heterocycles. The number of carbonyl (C=O) groups is 1. The third kappa shape index (κ3) is 7.08. The standard InChI is InChI=1S/C35H31ClN2O6/c1-4-40-32-16-24(7-12-30(32)42-19-23-5-8-25(36)9-6-23)34-28-11-10-26(17-31(28)44-35(38)29(34)18-37)43-33(39)20-41-27-14-21(2)13-22(3)15-27/h5-17,34H,4,19-20,38H2,1-3H3. The molecule has 0 fully saturated rings. The number of carbonyl (C=O) groups excluding carboxylic acids is 1. The molecule has 1 unspecified atom stereocenters. The number of allylic oxidation sites excluding steroid dienone is 1. The first-order valence-electron chi connectivity index (χ1n) is 14.0. The van der Waals surface area contributed by atoms with Crippen molar-refractivity contribution in [1.82, 2.24) is 0 Å². The fourth-order valence-corrected chi connectivity index (χ4v) is 5.12. The van der Waals surface area contributed by atoms with Gasteiger partial charge in [-0.1, -0.05) is 41.9 Å². The lowest BCUT2D eigenvalue weighted by atomic mass is 9.83. The molecule has 1 aliphatic rings. The lowest BCUT2D eigenvalue weighted by Gasteiger charge is -2.27. The number of fused-ring (bicyclic) bond motifs is 1. The molecule has 1 heterocycles. The number of hydrogen-bond donors (Lipinski definition) is 1. The summed E-state index contributed by atoms with van der Waals surface area (Å²) in [6.45, 7) is 6.27. The number of aryl methyl sites for hydroxylation is 2. The van der Waals surface area contributed by atoms with E-state index < -0.39 is 11.9 Å². The molecule has 4 aromatic carbocycles. The van der Waals surface area contributed by atoms with Gasteiger partial charge in [-0.15, -0.1) is 0 Å². The maximum Gasteiger partial charge on any atom is 0.349 e. The van der Waals surface area contributed by atoms with Crippen LogP contribution in [0.25, 0.3) is 0 Å². The van der Waals surface area contributed by atoms with Gasteiger partial charge in [-0.05, 0) is 85.5 Å². The summed E-state index contributed by atoms with van der Waals surface area (Å²) in [5.41, 5.74) is 10.9. The highest BCUT2D eigenvalue weighted by Crippen LogP contribution is 2.45. The van der Waals surface area contributed by atoms with Gasteiger partial charge >= 0.3 is 5.97 Å². The first-order chi connectivity index (χ1) is 21.2. The van der Waals surface area contributed by atoms with Crippen LogP contribution in [0.3, 0.4) is 0 Å². The Morgan fingerprint density at radius 3 is 2.36 bits per heavy atom. The maximum absolute atomic E-state index is 12.6. The van der Waals surface area contributed by atoms with E-state index in [0.717, 1.165) is 22.3 Å². The molecule has 4 aromatic rings. The summed E-state index contributed by atoms with van der Waals surface area (Å²) >= 11 is 6.00. The molecule has 0 spiro atoms. The van der Waals surface area contributed by atoms with Crippen molar-refractivity contribution in [3.05, 3.63) is 123 Å². The minimum absolute atomic E-state index is 0.0346. The molecule has 8 nitrogen and oxygen atoms in total. The molecule has 224 valence electrons. The first kappa shape index (κ1) is 30.3. The number of nitrogens with zero attached hydrogens (tertiary/aromatic N) is 1. The second-order valence-electron chi connectivity index (χ2n) is 10.3. The minimum atomic E-state index is -0.576. The van der Waals surface area contributed by atoms with E-state index in [1.807, 2.05) is 81.4 Å². The summed E-state index contributed by atoms with van der Waals surface area (Å²) in [7, 11) is 0. The Hall–Kier alpha value is -5.13. The van der Waals surface area contributed by atoms with Crippen LogP contribution in [-0.4, -0.2) is 19.2 Å². The maximum atomic E-state index is 12.6. The van der Waals surface area contributed by atoms with Crippen molar-refractivity contribution in [2.24, 2.45) is 5.73 Å². The van der Waals surface area contributed by atoms with Gasteiger partial charge in [0.1, 0.15) is 35.5 Å². The third-order valence-corrected chi connectivity index (χ3v) is 7.13. The number of halogens is 1. The number of rotatable bonds is 10. The second kappa shape index (κ2) is 13.4. The molecule has 0 aromatic heterocycles. The van der Waals surface area contributed by atoms with Gasteiger partial charge in [0.25, 0.3) is 0 Å². The average molecular weight is 611 g/mol. The molecular weight excluding hydrogens is 580 g/mol. The van der Waals surface area contributed by atoms with E-state index in [1.54, 1.807) is 18.2 Å². The van der Waals surface area contributed by atoms with Crippen LogP contribution in [0.15, 0.2) is 90.3 Å². The molecular formula is C35H31ClN2O6. The van der Waals surface area contributed by atoms with Gasteiger partial charge < -0.3 is 29.4 Å². The van der Waals surface area contributed by atoms with E-state index in [4.69, 9.17) is 41.0 Å². The quantitative estimate of drug-likeness (QED) is 0.149. The summed E-state index contributed by atoms with van der Waals surface area (Å²) in [4.78, 5) is 12.6. The zero-order valence-electron chi connectivity index (χ0n) is 24.6. The largest absolute Gasteiger partial charge is 0.490 e. The SMILES string of the molecule is CCOc1cc(C2C(C#N)=C(N)Oc3cc(OC(=O)COc4cc(C)cc(C)c4)ccc32)ccc1OCc1ccc(Cl)cc1. The number of esters is 1. The normalized spacial score (nSPS) is 13.8. The highest BCUT2D eigenvalue weighted by atomic mass is 35.5. The van der Waals surface area contributed by atoms with Gasteiger partial charge in [0.2, 0.25) is 5.88 Å². The molecule has 0 amide bonds. The van der Waals surface area contributed by atoms with Crippen LogP contribution in [0.5, 0.6) is 28.7 Å². The van der Waals surface area contributed by atoms with Crippen molar-refractivity contribution >= 4 is 17.6 Å². The Labute approximate surface area is 261 Å². The molecule has 0 radical (unpaired) electrons. The zero-order valence-corrected chi connectivity index (χ0v) is 25.3. The topological polar surface area (TPSA) is 113 Å². The fourth-order valence-electron chi connectivity index (χ4n) is 5.00. The van der Waals surface area contributed by atoms with Crippen LogP contribution in [-0.2, 0) is 11.4 Å². The summed E-state index contributed by atoms with van der Waals surface area (Å²) in [5.74, 6) is 1.13. The van der Waals surface area contributed by atoms with Crippen molar-refractivity contribution in [3.63, 3.8) is 0 Å². The van der Waals surface area contributed by atoms with E-state index in [0.29, 0.717) is 46.8 Å². The molecule has 2 N–H and O–H groups in total. The van der Waals surface area contributed by atoms with Crippen molar-refractivity contribution < 1.29 is 28.5 Å². The van der Waals surface area contributed by atoms with Crippen molar-refractivity contribution in [3.8, 4) is 34.8 Å². The Balaban J connectivity index is 1.36. The predicted octanol–water partition coefficient (Wildman–Crippen LogP) is 7.14. The van der Waals surface area contributed by atoms with Crippen LogP contribution in [0.4, 0.5) is 0 Å². The van der Waals surface area contributed by atoms with Gasteiger partial charge in [0.05, 0.1) is 12.5 Å². The minimum Gasteiger partial charge on any atom is -0.490 e. The fraction of sp³-hybridized carbons (Fsp3) is 0.200. The highest BCUT2D eigenvalue weighted by Gasteiger charge is 2.32. The monoisotopic (exact) mass is 610 g/mol. The number of nitriles is 1.